The molecule has 0 radical (unpaired) electrons. The van der Waals surface area contributed by atoms with Gasteiger partial charge in [0.25, 0.3) is 0 Å². The Hall–Kier alpha value is -2.04. The third kappa shape index (κ3) is 5.35. The number of ether oxygens (including phenoxy) is 1. The van der Waals surface area contributed by atoms with Gasteiger partial charge in [0.1, 0.15) is 5.75 Å². The second-order valence-electron chi connectivity index (χ2n) is 8.66. The molecule has 1 heterocycles. The van der Waals surface area contributed by atoms with Crippen molar-refractivity contribution in [3.63, 3.8) is 0 Å². The zero-order valence-electron chi connectivity index (χ0n) is 17.7. The van der Waals surface area contributed by atoms with Gasteiger partial charge < -0.3 is 9.64 Å². The monoisotopic (exact) mass is 426 g/mol. The highest BCUT2D eigenvalue weighted by atomic mass is 35.5. The number of carbonyl (C=O) groups is 1. The fourth-order valence-corrected chi connectivity index (χ4v) is 4.84. The van der Waals surface area contributed by atoms with Crippen LogP contribution >= 0.6 is 11.6 Å². The van der Waals surface area contributed by atoms with E-state index in [2.05, 4.69) is 29.2 Å². The van der Waals surface area contributed by atoms with E-state index in [1.165, 1.54) is 37.1 Å². The first-order valence-electron chi connectivity index (χ1n) is 11.1. The average Bonchev–Trinajstić information content (AvgIpc) is 3.28. The molecule has 30 heavy (non-hydrogen) atoms. The van der Waals surface area contributed by atoms with E-state index < -0.39 is 0 Å². The normalized spacial score (nSPS) is 22.1. The van der Waals surface area contributed by atoms with Crippen molar-refractivity contribution in [2.24, 2.45) is 0 Å². The number of amides is 1. The number of benzene rings is 2. The van der Waals surface area contributed by atoms with Gasteiger partial charge in [-0.2, -0.15) is 0 Å². The molecule has 0 atom stereocenters. The van der Waals surface area contributed by atoms with Gasteiger partial charge in [-0.05, 0) is 92.9 Å². The number of carbonyl (C=O) groups excluding carboxylic acids is 1. The highest BCUT2D eigenvalue weighted by Crippen LogP contribution is 2.35. The van der Waals surface area contributed by atoms with Gasteiger partial charge in [-0.15, -0.1) is 0 Å². The standard InChI is InChI=1S/C25H31ClN2O2/c1-27(25(29)30-24-14-10-22(26)11-15-24)23-12-8-21(9-13-23)20-6-4-19(5-7-20)18-28-16-2-3-17-28/h4-7,10-11,14-15,21,23H,2-3,8-9,12-13,16-18H2,1H3/t21-,23-. The summed E-state index contributed by atoms with van der Waals surface area (Å²) in [6.45, 7) is 3.55. The van der Waals surface area contributed by atoms with Crippen molar-refractivity contribution in [2.45, 2.75) is 57.0 Å². The lowest BCUT2D eigenvalue weighted by molar-refractivity contribution is 0.130. The molecule has 1 aliphatic heterocycles. The van der Waals surface area contributed by atoms with E-state index in [0.717, 1.165) is 32.2 Å². The molecule has 1 amide bonds. The Labute approximate surface area is 184 Å². The number of nitrogens with zero attached hydrogens (tertiary/aromatic N) is 2. The van der Waals surface area contributed by atoms with E-state index >= 15 is 0 Å². The van der Waals surface area contributed by atoms with Gasteiger partial charge in [0.2, 0.25) is 0 Å². The Morgan fingerprint density at radius 2 is 1.63 bits per heavy atom. The maximum absolute atomic E-state index is 12.5. The molecule has 2 aliphatic rings. The van der Waals surface area contributed by atoms with Crippen LogP contribution in [0.5, 0.6) is 5.75 Å². The molecule has 0 unspecified atom stereocenters. The molecule has 5 heteroatoms. The zero-order chi connectivity index (χ0) is 20.9. The summed E-state index contributed by atoms with van der Waals surface area (Å²) in [5.41, 5.74) is 2.85. The van der Waals surface area contributed by atoms with Gasteiger partial charge in [0.05, 0.1) is 0 Å². The largest absolute Gasteiger partial charge is 0.415 e. The molecule has 0 bridgehead atoms. The number of hydrogen-bond donors (Lipinski definition) is 0. The molecule has 1 saturated heterocycles. The molecule has 2 aromatic carbocycles. The van der Waals surface area contributed by atoms with Crippen LogP contribution in [0, 0.1) is 0 Å². The predicted molar refractivity (Wildman–Crippen MR) is 121 cm³/mol. The van der Waals surface area contributed by atoms with E-state index in [4.69, 9.17) is 16.3 Å². The Balaban J connectivity index is 1.26. The maximum atomic E-state index is 12.5. The molecule has 160 valence electrons. The highest BCUT2D eigenvalue weighted by molar-refractivity contribution is 6.30. The van der Waals surface area contributed by atoms with E-state index in [-0.39, 0.29) is 12.1 Å². The second kappa shape index (κ2) is 9.84. The van der Waals surface area contributed by atoms with Crippen LogP contribution in [0.25, 0.3) is 0 Å². The molecule has 1 saturated carbocycles. The van der Waals surface area contributed by atoms with E-state index in [1.807, 2.05) is 7.05 Å². The molecule has 2 aromatic rings. The molecule has 4 nitrogen and oxygen atoms in total. The van der Waals surface area contributed by atoms with Crippen molar-refractivity contribution in [1.29, 1.82) is 0 Å². The van der Waals surface area contributed by atoms with Gasteiger partial charge in [-0.3, -0.25) is 4.90 Å². The second-order valence-corrected chi connectivity index (χ2v) is 9.10. The average molecular weight is 427 g/mol. The lowest BCUT2D eigenvalue weighted by atomic mass is 9.81. The lowest BCUT2D eigenvalue weighted by Crippen LogP contribution is -2.40. The summed E-state index contributed by atoms with van der Waals surface area (Å²) in [5, 5.41) is 0.630. The minimum Gasteiger partial charge on any atom is -0.410 e. The van der Waals surface area contributed by atoms with Gasteiger partial charge in [0.15, 0.2) is 0 Å². The molecule has 0 spiro atoms. The summed E-state index contributed by atoms with van der Waals surface area (Å²) in [5.74, 6) is 1.11. The topological polar surface area (TPSA) is 32.8 Å². The molecule has 4 rings (SSSR count). The van der Waals surface area contributed by atoms with E-state index in [1.54, 1.807) is 29.2 Å². The Morgan fingerprint density at radius 1 is 1.00 bits per heavy atom. The fraction of sp³-hybridized carbons (Fsp3) is 0.480. The Morgan fingerprint density at radius 3 is 2.27 bits per heavy atom. The van der Waals surface area contributed by atoms with Crippen molar-refractivity contribution in [2.75, 3.05) is 20.1 Å². The minimum atomic E-state index is -0.299. The van der Waals surface area contributed by atoms with Crippen LogP contribution in [-0.4, -0.2) is 42.1 Å². The van der Waals surface area contributed by atoms with Crippen LogP contribution in [0.15, 0.2) is 48.5 Å². The SMILES string of the molecule is CN(C(=O)Oc1ccc(Cl)cc1)[C@H]1CC[C@H](c2ccc(CN3CCCC3)cc2)CC1. The molecular formula is C25H31ClN2O2. The van der Waals surface area contributed by atoms with Crippen LogP contribution in [0.4, 0.5) is 4.79 Å². The van der Waals surface area contributed by atoms with Crippen molar-refractivity contribution >= 4 is 17.7 Å². The van der Waals surface area contributed by atoms with Gasteiger partial charge in [-0.25, -0.2) is 4.79 Å². The highest BCUT2D eigenvalue weighted by Gasteiger charge is 2.28. The number of likely N-dealkylation sites (tertiary alicyclic amines) is 1. The fourth-order valence-electron chi connectivity index (χ4n) is 4.72. The van der Waals surface area contributed by atoms with Crippen LogP contribution in [0.2, 0.25) is 5.02 Å². The third-order valence-electron chi connectivity index (χ3n) is 6.61. The molecule has 1 aliphatic carbocycles. The first-order valence-corrected chi connectivity index (χ1v) is 11.5. The number of halogens is 1. The molecular weight excluding hydrogens is 396 g/mol. The van der Waals surface area contributed by atoms with Gasteiger partial charge in [0, 0.05) is 24.7 Å². The van der Waals surface area contributed by atoms with Crippen molar-refractivity contribution in [3.05, 3.63) is 64.7 Å². The number of hydrogen-bond acceptors (Lipinski definition) is 3. The van der Waals surface area contributed by atoms with Crippen LogP contribution in [0.1, 0.15) is 55.6 Å². The Bertz CT molecular complexity index is 823. The van der Waals surface area contributed by atoms with Crippen LogP contribution in [0.3, 0.4) is 0 Å². The summed E-state index contributed by atoms with van der Waals surface area (Å²) < 4.78 is 5.49. The first kappa shape index (κ1) is 21.2. The first-order chi connectivity index (χ1) is 14.6. The van der Waals surface area contributed by atoms with Gasteiger partial charge >= 0.3 is 6.09 Å². The summed E-state index contributed by atoms with van der Waals surface area (Å²) in [7, 11) is 1.84. The molecule has 0 aromatic heterocycles. The van der Waals surface area contributed by atoms with E-state index in [0.29, 0.717) is 16.7 Å². The van der Waals surface area contributed by atoms with Crippen molar-refractivity contribution in [3.8, 4) is 5.75 Å². The number of rotatable bonds is 5. The lowest BCUT2D eigenvalue weighted by Gasteiger charge is -2.34. The predicted octanol–water partition coefficient (Wildman–Crippen LogP) is 6.09. The summed E-state index contributed by atoms with van der Waals surface area (Å²) in [6.07, 6.45) is 6.60. The van der Waals surface area contributed by atoms with Crippen LogP contribution < -0.4 is 4.74 Å². The smallest absolute Gasteiger partial charge is 0.410 e. The van der Waals surface area contributed by atoms with E-state index in [9.17, 15) is 4.79 Å². The maximum Gasteiger partial charge on any atom is 0.415 e. The molecule has 0 N–H and O–H groups in total. The Kier molecular flexibility index (Phi) is 6.96. The summed E-state index contributed by atoms with van der Waals surface area (Å²) >= 11 is 5.89. The van der Waals surface area contributed by atoms with Crippen molar-refractivity contribution in [1.82, 2.24) is 9.80 Å². The summed E-state index contributed by atoms with van der Waals surface area (Å²) in [6, 6.07) is 16.4. The zero-order valence-corrected chi connectivity index (χ0v) is 18.5. The van der Waals surface area contributed by atoms with Crippen molar-refractivity contribution < 1.29 is 9.53 Å². The third-order valence-corrected chi connectivity index (χ3v) is 6.86. The molecule has 2 fully saturated rings. The summed E-state index contributed by atoms with van der Waals surface area (Å²) in [4.78, 5) is 16.8. The quantitative estimate of drug-likeness (QED) is 0.579. The minimum absolute atomic E-state index is 0.232. The van der Waals surface area contributed by atoms with Crippen LogP contribution in [-0.2, 0) is 6.54 Å². The van der Waals surface area contributed by atoms with Gasteiger partial charge in [-0.1, -0.05) is 35.9 Å².